The third kappa shape index (κ3) is 3.91. The van der Waals surface area contributed by atoms with E-state index >= 15 is 0 Å². The van der Waals surface area contributed by atoms with E-state index in [1.165, 1.54) is 0 Å². The van der Waals surface area contributed by atoms with Gasteiger partial charge < -0.3 is 14.6 Å². The van der Waals surface area contributed by atoms with Gasteiger partial charge in [-0.15, -0.1) is 0 Å². The molecule has 110 valence electrons. The van der Waals surface area contributed by atoms with Crippen molar-refractivity contribution in [3.63, 3.8) is 0 Å². The fourth-order valence-corrected chi connectivity index (χ4v) is 3.38. The minimum absolute atomic E-state index is 0.0331. The second-order valence-corrected chi connectivity index (χ2v) is 6.95. The predicted octanol–water partition coefficient (Wildman–Crippen LogP) is 1.51. The molecule has 2 aliphatic heterocycles. The SMILES string of the molecule is CC1(C)CN(CC2CCC(C(=O)O)O2)CC(C)(C)O1. The summed E-state index contributed by atoms with van der Waals surface area (Å²) in [6.45, 7) is 10.9. The molecule has 5 heteroatoms. The van der Waals surface area contributed by atoms with Crippen LogP contribution in [0.2, 0.25) is 0 Å². The van der Waals surface area contributed by atoms with E-state index in [1.54, 1.807) is 0 Å². The summed E-state index contributed by atoms with van der Waals surface area (Å²) in [6.07, 6.45) is 0.865. The third-order valence-electron chi connectivity index (χ3n) is 3.61. The predicted molar refractivity (Wildman–Crippen MR) is 71.2 cm³/mol. The molecule has 0 aromatic heterocycles. The lowest BCUT2D eigenvalue weighted by atomic mass is 9.98. The molecule has 0 amide bonds. The van der Waals surface area contributed by atoms with E-state index in [4.69, 9.17) is 14.6 Å². The Bertz CT molecular complexity index is 337. The molecule has 0 spiro atoms. The van der Waals surface area contributed by atoms with E-state index in [0.29, 0.717) is 6.42 Å². The Morgan fingerprint density at radius 3 is 2.26 bits per heavy atom. The van der Waals surface area contributed by atoms with Crippen LogP contribution in [0.5, 0.6) is 0 Å². The smallest absolute Gasteiger partial charge is 0.332 e. The van der Waals surface area contributed by atoms with Gasteiger partial charge in [0, 0.05) is 19.6 Å². The van der Waals surface area contributed by atoms with Crippen LogP contribution >= 0.6 is 0 Å². The molecule has 2 saturated heterocycles. The maximum absolute atomic E-state index is 10.9. The van der Waals surface area contributed by atoms with Gasteiger partial charge in [0.1, 0.15) is 0 Å². The van der Waals surface area contributed by atoms with E-state index in [-0.39, 0.29) is 17.3 Å². The molecular formula is C14H25NO4. The summed E-state index contributed by atoms with van der Waals surface area (Å²) in [5.74, 6) is -0.842. The molecule has 2 rings (SSSR count). The van der Waals surface area contributed by atoms with Gasteiger partial charge >= 0.3 is 5.97 Å². The van der Waals surface area contributed by atoms with E-state index in [2.05, 4.69) is 32.6 Å². The van der Waals surface area contributed by atoms with Crippen LogP contribution in [0, 0.1) is 0 Å². The highest BCUT2D eigenvalue weighted by molar-refractivity contribution is 5.72. The minimum atomic E-state index is -0.842. The Labute approximate surface area is 114 Å². The quantitative estimate of drug-likeness (QED) is 0.843. The largest absolute Gasteiger partial charge is 0.479 e. The second-order valence-electron chi connectivity index (χ2n) is 6.95. The zero-order valence-electron chi connectivity index (χ0n) is 12.3. The van der Waals surface area contributed by atoms with Gasteiger partial charge in [0.25, 0.3) is 0 Å². The van der Waals surface area contributed by atoms with Crippen molar-refractivity contribution in [2.45, 2.75) is 63.9 Å². The molecule has 5 nitrogen and oxygen atoms in total. The molecule has 0 aromatic carbocycles. The van der Waals surface area contributed by atoms with Crippen LogP contribution in [-0.4, -0.2) is 59.0 Å². The first-order valence-corrected chi connectivity index (χ1v) is 6.98. The molecule has 0 aliphatic carbocycles. The third-order valence-corrected chi connectivity index (χ3v) is 3.61. The highest BCUT2D eigenvalue weighted by atomic mass is 16.5. The van der Waals surface area contributed by atoms with Gasteiger partial charge in [-0.1, -0.05) is 0 Å². The Kier molecular flexibility index (Phi) is 3.91. The number of aliphatic carboxylic acids is 1. The Hall–Kier alpha value is -0.650. The van der Waals surface area contributed by atoms with E-state index in [1.807, 2.05) is 0 Å². The highest BCUT2D eigenvalue weighted by Crippen LogP contribution is 2.29. The molecule has 2 aliphatic rings. The van der Waals surface area contributed by atoms with Crippen molar-refractivity contribution in [1.29, 1.82) is 0 Å². The zero-order chi connectivity index (χ0) is 14.3. The van der Waals surface area contributed by atoms with Gasteiger partial charge in [0.2, 0.25) is 0 Å². The molecule has 0 aromatic rings. The first-order valence-electron chi connectivity index (χ1n) is 6.98. The van der Waals surface area contributed by atoms with Crippen LogP contribution in [0.3, 0.4) is 0 Å². The van der Waals surface area contributed by atoms with Crippen LogP contribution in [-0.2, 0) is 14.3 Å². The van der Waals surface area contributed by atoms with E-state index in [0.717, 1.165) is 26.1 Å². The number of hydrogen-bond donors (Lipinski definition) is 1. The van der Waals surface area contributed by atoms with Crippen molar-refractivity contribution in [3.05, 3.63) is 0 Å². The van der Waals surface area contributed by atoms with Gasteiger partial charge in [0.15, 0.2) is 6.10 Å². The summed E-state index contributed by atoms with van der Waals surface area (Å²) in [6, 6.07) is 0. The molecule has 2 unspecified atom stereocenters. The van der Waals surface area contributed by atoms with Crippen molar-refractivity contribution in [2.75, 3.05) is 19.6 Å². The van der Waals surface area contributed by atoms with Gasteiger partial charge in [0.05, 0.1) is 17.3 Å². The molecule has 2 heterocycles. The molecule has 1 N–H and O–H groups in total. The lowest BCUT2D eigenvalue weighted by Gasteiger charge is -2.47. The second kappa shape index (κ2) is 5.04. The van der Waals surface area contributed by atoms with Crippen molar-refractivity contribution in [3.8, 4) is 0 Å². The standard InChI is InChI=1S/C14H25NO4/c1-13(2)8-15(9-14(3,4)19-13)7-10-5-6-11(18-10)12(16)17/h10-11H,5-9H2,1-4H3,(H,16,17). The Morgan fingerprint density at radius 2 is 1.79 bits per heavy atom. The van der Waals surface area contributed by atoms with Gasteiger partial charge in [-0.25, -0.2) is 4.79 Å². The number of carbonyl (C=O) groups is 1. The number of ether oxygens (including phenoxy) is 2. The van der Waals surface area contributed by atoms with E-state index in [9.17, 15) is 4.79 Å². The van der Waals surface area contributed by atoms with Gasteiger partial charge in [-0.2, -0.15) is 0 Å². The highest BCUT2D eigenvalue weighted by Gasteiger charge is 2.40. The first-order chi connectivity index (χ1) is 8.67. The van der Waals surface area contributed by atoms with Gasteiger partial charge in [-0.05, 0) is 40.5 Å². The minimum Gasteiger partial charge on any atom is -0.479 e. The monoisotopic (exact) mass is 271 g/mol. The zero-order valence-corrected chi connectivity index (χ0v) is 12.3. The Morgan fingerprint density at radius 1 is 1.21 bits per heavy atom. The van der Waals surface area contributed by atoms with Crippen molar-refractivity contribution in [2.24, 2.45) is 0 Å². The number of nitrogens with zero attached hydrogens (tertiary/aromatic N) is 1. The van der Waals surface area contributed by atoms with Crippen LogP contribution in [0.1, 0.15) is 40.5 Å². The topological polar surface area (TPSA) is 59.0 Å². The number of hydrogen-bond acceptors (Lipinski definition) is 4. The number of carboxylic acids is 1. The summed E-state index contributed by atoms with van der Waals surface area (Å²) in [7, 11) is 0. The lowest BCUT2D eigenvalue weighted by Crippen LogP contribution is -2.58. The summed E-state index contributed by atoms with van der Waals surface area (Å²) in [5, 5.41) is 8.94. The Balaban J connectivity index is 1.91. The number of morpholine rings is 1. The number of carboxylic acid groups (broad SMARTS) is 1. The van der Waals surface area contributed by atoms with Crippen LogP contribution in [0.4, 0.5) is 0 Å². The van der Waals surface area contributed by atoms with Gasteiger partial charge in [-0.3, -0.25) is 4.90 Å². The summed E-state index contributed by atoms with van der Waals surface area (Å²) >= 11 is 0. The normalized spacial score (nSPS) is 34.3. The summed E-state index contributed by atoms with van der Waals surface area (Å²) in [4.78, 5) is 13.2. The maximum atomic E-state index is 10.9. The van der Waals surface area contributed by atoms with Crippen molar-refractivity contribution >= 4 is 5.97 Å². The molecular weight excluding hydrogens is 246 g/mol. The first kappa shape index (κ1) is 14.8. The average molecular weight is 271 g/mol. The molecule has 2 atom stereocenters. The fraction of sp³-hybridized carbons (Fsp3) is 0.929. The average Bonchev–Trinajstić information content (AvgIpc) is 2.60. The number of rotatable bonds is 3. The summed E-state index contributed by atoms with van der Waals surface area (Å²) < 4.78 is 11.6. The molecule has 0 bridgehead atoms. The van der Waals surface area contributed by atoms with Crippen molar-refractivity contribution in [1.82, 2.24) is 4.90 Å². The van der Waals surface area contributed by atoms with E-state index < -0.39 is 12.1 Å². The fourth-order valence-electron chi connectivity index (χ4n) is 3.38. The van der Waals surface area contributed by atoms with Crippen molar-refractivity contribution < 1.29 is 19.4 Å². The molecule has 19 heavy (non-hydrogen) atoms. The van der Waals surface area contributed by atoms with Crippen LogP contribution in [0.25, 0.3) is 0 Å². The molecule has 0 saturated carbocycles. The maximum Gasteiger partial charge on any atom is 0.332 e. The molecule has 0 radical (unpaired) electrons. The van der Waals surface area contributed by atoms with Crippen LogP contribution in [0.15, 0.2) is 0 Å². The summed E-state index contributed by atoms with van der Waals surface area (Å²) in [5.41, 5.74) is -0.348. The van der Waals surface area contributed by atoms with Crippen LogP contribution < -0.4 is 0 Å². The lowest BCUT2D eigenvalue weighted by molar-refractivity contribution is -0.185. The molecule has 2 fully saturated rings.